The molecule has 1 aromatic carbocycles. The van der Waals surface area contributed by atoms with Crippen molar-refractivity contribution in [2.45, 2.75) is 13.8 Å². The van der Waals surface area contributed by atoms with Crippen LogP contribution in [0.4, 0.5) is 11.5 Å². The van der Waals surface area contributed by atoms with Gasteiger partial charge in [0, 0.05) is 17.8 Å². The lowest BCUT2D eigenvalue weighted by Crippen LogP contribution is -2.30. The van der Waals surface area contributed by atoms with Crippen molar-refractivity contribution in [3.05, 3.63) is 52.7 Å². The molecule has 4 nitrogen and oxygen atoms in total. The van der Waals surface area contributed by atoms with Gasteiger partial charge < -0.3 is 10.6 Å². The first kappa shape index (κ1) is 14.3. The quantitative estimate of drug-likeness (QED) is 0.882. The number of rotatable bonds is 3. The van der Waals surface area contributed by atoms with E-state index in [1.165, 1.54) is 12.1 Å². The summed E-state index contributed by atoms with van der Waals surface area (Å²) < 4.78 is 0. The van der Waals surface area contributed by atoms with Crippen molar-refractivity contribution >= 4 is 29.0 Å². The molecule has 2 aromatic rings. The Balaban J connectivity index is 2.38. The standard InChI is InChI=1S/C15H16ClN3O/c1-3-19(12-6-4-5-10(2)7-12)15(20)11-8-13(16)18-14(17)9-11/h4-9H,3H2,1-2H3,(H2,17,18). The number of nitrogens with two attached hydrogens (primary N) is 1. The van der Waals surface area contributed by atoms with E-state index >= 15 is 0 Å². The Morgan fingerprint density at radius 1 is 1.35 bits per heavy atom. The number of carbonyl (C=O) groups excluding carboxylic acids is 1. The van der Waals surface area contributed by atoms with Gasteiger partial charge in [-0.15, -0.1) is 0 Å². The average Bonchev–Trinajstić information content (AvgIpc) is 2.38. The number of aryl methyl sites for hydroxylation is 1. The highest BCUT2D eigenvalue weighted by Crippen LogP contribution is 2.20. The van der Waals surface area contributed by atoms with Crippen LogP contribution >= 0.6 is 11.6 Å². The zero-order valence-corrected chi connectivity index (χ0v) is 12.2. The molecular formula is C15H16ClN3O. The zero-order valence-electron chi connectivity index (χ0n) is 11.4. The number of carbonyl (C=O) groups is 1. The van der Waals surface area contributed by atoms with Crippen molar-refractivity contribution in [2.24, 2.45) is 0 Å². The van der Waals surface area contributed by atoms with E-state index in [9.17, 15) is 4.79 Å². The molecule has 0 radical (unpaired) electrons. The van der Waals surface area contributed by atoms with Gasteiger partial charge in [-0.05, 0) is 43.7 Å². The highest BCUT2D eigenvalue weighted by atomic mass is 35.5. The van der Waals surface area contributed by atoms with E-state index in [1.54, 1.807) is 4.90 Å². The van der Waals surface area contributed by atoms with Gasteiger partial charge in [0.25, 0.3) is 5.91 Å². The first-order valence-electron chi connectivity index (χ1n) is 6.33. The molecule has 2 rings (SSSR count). The molecule has 0 saturated heterocycles. The number of anilines is 2. The van der Waals surface area contributed by atoms with Crippen LogP contribution in [0.2, 0.25) is 5.15 Å². The summed E-state index contributed by atoms with van der Waals surface area (Å²) in [5, 5.41) is 0.216. The summed E-state index contributed by atoms with van der Waals surface area (Å²) in [7, 11) is 0. The molecule has 0 fully saturated rings. The van der Waals surface area contributed by atoms with Crippen molar-refractivity contribution in [1.82, 2.24) is 4.98 Å². The second-order valence-corrected chi connectivity index (χ2v) is 4.88. The van der Waals surface area contributed by atoms with Gasteiger partial charge in [0.2, 0.25) is 0 Å². The molecule has 0 spiro atoms. The maximum Gasteiger partial charge on any atom is 0.258 e. The molecule has 0 unspecified atom stereocenters. The van der Waals surface area contributed by atoms with Crippen LogP contribution < -0.4 is 10.6 Å². The molecule has 5 heteroatoms. The van der Waals surface area contributed by atoms with Crippen molar-refractivity contribution in [3.63, 3.8) is 0 Å². The fourth-order valence-electron chi connectivity index (χ4n) is 2.04. The molecule has 2 N–H and O–H groups in total. The summed E-state index contributed by atoms with van der Waals surface area (Å²) in [4.78, 5) is 18.1. The predicted octanol–water partition coefficient (Wildman–Crippen LogP) is 3.29. The van der Waals surface area contributed by atoms with Gasteiger partial charge in [0.05, 0.1) is 0 Å². The van der Waals surface area contributed by atoms with Crippen LogP contribution in [0.5, 0.6) is 0 Å². The second kappa shape index (κ2) is 5.92. The van der Waals surface area contributed by atoms with E-state index in [0.29, 0.717) is 12.1 Å². The molecule has 1 aromatic heterocycles. The molecule has 0 aliphatic carbocycles. The Morgan fingerprint density at radius 2 is 2.10 bits per heavy atom. The molecule has 20 heavy (non-hydrogen) atoms. The van der Waals surface area contributed by atoms with E-state index in [0.717, 1.165) is 11.3 Å². The Labute approximate surface area is 123 Å². The summed E-state index contributed by atoms with van der Waals surface area (Å²) in [5.74, 6) is 0.0928. The Kier molecular flexibility index (Phi) is 4.25. The Hall–Kier alpha value is -2.07. The van der Waals surface area contributed by atoms with Gasteiger partial charge in [-0.1, -0.05) is 23.7 Å². The maximum absolute atomic E-state index is 12.6. The number of hydrogen-bond donors (Lipinski definition) is 1. The van der Waals surface area contributed by atoms with E-state index in [-0.39, 0.29) is 16.9 Å². The van der Waals surface area contributed by atoms with Gasteiger partial charge in [-0.25, -0.2) is 4.98 Å². The van der Waals surface area contributed by atoms with Gasteiger partial charge in [0.1, 0.15) is 11.0 Å². The van der Waals surface area contributed by atoms with Crippen LogP contribution in [-0.2, 0) is 0 Å². The van der Waals surface area contributed by atoms with Crippen LogP contribution in [0.25, 0.3) is 0 Å². The van der Waals surface area contributed by atoms with Crippen molar-refractivity contribution in [3.8, 4) is 0 Å². The van der Waals surface area contributed by atoms with Crippen LogP contribution in [0.1, 0.15) is 22.8 Å². The van der Waals surface area contributed by atoms with Crippen LogP contribution in [0, 0.1) is 6.92 Å². The normalized spacial score (nSPS) is 10.3. The summed E-state index contributed by atoms with van der Waals surface area (Å²) in [6.45, 7) is 4.47. The maximum atomic E-state index is 12.6. The molecule has 104 valence electrons. The minimum absolute atomic E-state index is 0.144. The highest BCUT2D eigenvalue weighted by molar-refractivity contribution is 6.30. The lowest BCUT2D eigenvalue weighted by atomic mass is 10.1. The average molecular weight is 290 g/mol. The van der Waals surface area contributed by atoms with Gasteiger partial charge in [-0.3, -0.25) is 4.79 Å². The topological polar surface area (TPSA) is 59.2 Å². The Morgan fingerprint density at radius 3 is 2.70 bits per heavy atom. The van der Waals surface area contributed by atoms with E-state index in [1.807, 2.05) is 38.1 Å². The first-order valence-corrected chi connectivity index (χ1v) is 6.70. The smallest absolute Gasteiger partial charge is 0.258 e. The molecule has 0 aliphatic heterocycles. The summed E-state index contributed by atoms with van der Waals surface area (Å²) in [5.41, 5.74) is 8.02. The molecule has 1 amide bonds. The number of hydrogen-bond acceptors (Lipinski definition) is 3. The number of nitrogens with zero attached hydrogens (tertiary/aromatic N) is 2. The van der Waals surface area contributed by atoms with Crippen LogP contribution in [0.15, 0.2) is 36.4 Å². The fourth-order valence-corrected chi connectivity index (χ4v) is 2.25. The van der Waals surface area contributed by atoms with Crippen molar-refractivity contribution in [2.75, 3.05) is 17.2 Å². The molecule has 1 heterocycles. The number of amides is 1. The zero-order chi connectivity index (χ0) is 14.7. The number of pyridine rings is 1. The number of benzene rings is 1. The number of halogens is 1. The van der Waals surface area contributed by atoms with Crippen LogP contribution in [-0.4, -0.2) is 17.4 Å². The number of aromatic nitrogens is 1. The van der Waals surface area contributed by atoms with E-state index in [4.69, 9.17) is 17.3 Å². The van der Waals surface area contributed by atoms with E-state index < -0.39 is 0 Å². The lowest BCUT2D eigenvalue weighted by molar-refractivity contribution is 0.0988. The monoisotopic (exact) mass is 289 g/mol. The van der Waals surface area contributed by atoms with Crippen molar-refractivity contribution < 1.29 is 4.79 Å². The molecule has 0 saturated carbocycles. The molecule has 0 atom stereocenters. The van der Waals surface area contributed by atoms with Gasteiger partial charge >= 0.3 is 0 Å². The summed E-state index contributed by atoms with van der Waals surface area (Å²) in [6.07, 6.45) is 0. The van der Waals surface area contributed by atoms with Crippen molar-refractivity contribution in [1.29, 1.82) is 0 Å². The Bertz CT molecular complexity index is 623. The predicted molar refractivity (Wildman–Crippen MR) is 82.2 cm³/mol. The number of nitrogen functional groups attached to an aromatic ring is 1. The fraction of sp³-hybridized carbons (Fsp3) is 0.200. The second-order valence-electron chi connectivity index (χ2n) is 4.49. The summed E-state index contributed by atoms with van der Waals surface area (Å²) >= 11 is 5.85. The van der Waals surface area contributed by atoms with Gasteiger partial charge in [-0.2, -0.15) is 0 Å². The summed E-state index contributed by atoms with van der Waals surface area (Å²) in [6, 6.07) is 10.8. The SMILES string of the molecule is CCN(C(=O)c1cc(N)nc(Cl)c1)c1cccc(C)c1. The minimum Gasteiger partial charge on any atom is -0.384 e. The minimum atomic E-state index is -0.144. The van der Waals surface area contributed by atoms with Gasteiger partial charge in [0.15, 0.2) is 0 Å². The van der Waals surface area contributed by atoms with Crippen LogP contribution in [0.3, 0.4) is 0 Å². The largest absolute Gasteiger partial charge is 0.384 e. The third-order valence-corrected chi connectivity index (χ3v) is 3.13. The lowest BCUT2D eigenvalue weighted by Gasteiger charge is -2.21. The first-order chi connectivity index (χ1) is 9.51. The third kappa shape index (κ3) is 3.08. The molecule has 0 aliphatic rings. The van der Waals surface area contributed by atoms with E-state index in [2.05, 4.69) is 4.98 Å². The molecule has 0 bridgehead atoms. The molecular weight excluding hydrogens is 274 g/mol. The third-order valence-electron chi connectivity index (χ3n) is 2.94. The highest BCUT2D eigenvalue weighted by Gasteiger charge is 2.17.